The van der Waals surface area contributed by atoms with E-state index >= 15 is 0 Å². The van der Waals surface area contributed by atoms with Crippen molar-refractivity contribution in [1.82, 2.24) is 0 Å². The largest absolute Gasteiger partial charge is 0.481 e. The summed E-state index contributed by atoms with van der Waals surface area (Å²) in [4.78, 5) is 21.2. The monoisotopic (exact) mass is 294 g/mol. The Morgan fingerprint density at radius 2 is 2.08 bits per heavy atom. The van der Waals surface area contributed by atoms with Crippen molar-refractivity contribution in [3.05, 3.63) is 21.3 Å². The third kappa shape index (κ3) is 2.55. The molecule has 70 valence electrons. The Morgan fingerprint density at radius 1 is 1.46 bits per heavy atom. The molecule has 0 aromatic carbocycles. The van der Waals surface area contributed by atoms with Gasteiger partial charge in [0.05, 0.1) is 5.92 Å². The SMILES string of the molecule is O=C(O)C1=CC(I)=C[C@@H](C(=O)O)C1. The van der Waals surface area contributed by atoms with Crippen molar-refractivity contribution < 1.29 is 19.8 Å². The molecule has 0 fully saturated rings. The number of aliphatic carboxylic acids is 2. The summed E-state index contributed by atoms with van der Waals surface area (Å²) in [6.07, 6.45) is 3.11. The lowest BCUT2D eigenvalue weighted by Crippen LogP contribution is -2.17. The summed E-state index contributed by atoms with van der Waals surface area (Å²) in [7, 11) is 0. The zero-order chi connectivity index (χ0) is 10.0. The first-order chi connectivity index (χ1) is 6.00. The molecule has 1 rings (SSSR count). The number of carbonyl (C=O) groups is 2. The molecule has 0 saturated heterocycles. The van der Waals surface area contributed by atoms with Crippen LogP contribution in [0, 0.1) is 5.92 Å². The lowest BCUT2D eigenvalue weighted by Gasteiger charge is -2.13. The average molecular weight is 294 g/mol. The fourth-order valence-corrected chi connectivity index (χ4v) is 1.88. The highest BCUT2D eigenvalue weighted by Gasteiger charge is 2.23. The molecule has 0 aromatic heterocycles. The Hall–Kier alpha value is -0.850. The first-order valence-corrected chi connectivity index (χ1v) is 4.62. The van der Waals surface area contributed by atoms with Crippen LogP contribution in [0.5, 0.6) is 0 Å². The Labute approximate surface area is 88.1 Å². The van der Waals surface area contributed by atoms with Crippen molar-refractivity contribution in [1.29, 1.82) is 0 Å². The van der Waals surface area contributed by atoms with Crippen LogP contribution in [-0.4, -0.2) is 22.2 Å². The fourth-order valence-electron chi connectivity index (χ4n) is 1.07. The molecule has 4 nitrogen and oxygen atoms in total. The number of allylic oxidation sites excluding steroid dienone is 2. The topological polar surface area (TPSA) is 74.6 Å². The number of hydrogen-bond acceptors (Lipinski definition) is 2. The maximum Gasteiger partial charge on any atom is 0.331 e. The third-order valence-electron chi connectivity index (χ3n) is 1.70. The van der Waals surface area contributed by atoms with Gasteiger partial charge in [-0.1, -0.05) is 6.08 Å². The molecule has 13 heavy (non-hydrogen) atoms. The molecule has 0 radical (unpaired) electrons. The van der Waals surface area contributed by atoms with Crippen LogP contribution >= 0.6 is 22.6 Å². The third-order valence-corrected chi connectivity index (χ3v) is 2.38. The summed E-state index contributed by atoms with van der Waals surface area (Å²) in [6, 6.07) is 0. The van der Waals surface area contributed by atoms with E-state index in [1.165, 1.54) is 6.08 Å². The first kappa shape index (κ1) is 10.2. The Bertz CT molecular complexity index is 316. The van der Waals surface area contributed by atoms with Gasteiger partial charge in [0, 0.05) is 9.15 Å². The summed E-state index contributed by atoms with van der Waals surface area (Å²) in [5, 5.41) is 17.4. The van der Waals surface area contributed by atoms with Crippen molar-refractivity contribution >= 4 is 34.5 Å². The quantitative estimate of drug-likeness (QED) is 0.755. The van der Waals surface area contributed by atoms with Crippen LogP contribution < -0.4 is 0 Å². The molecule has 0 heterocycles. The first-order valence-electron chi connectivity index (χ1n) is 3.54. The summed E-state index contributed by atoms with van der Waals surface area (Å²) in [5.41, 5.74) is 0.152. The van der Waals surface area contributed by atoms with Gasteiger partial charge in [-0.25, -0.2) is 4.79 Å². The van der Waals surface area contributed by atoms with Gasteiger partial charge in [-0.3, -0.25) is 4.79 Å². The molecule has 0 bridgehead atoms. The van der Waals surface area contributed by atoms with Crippen LogP contribution in [0.4, 0.5) is 0 Å². The summed E-state index contributed by atoms with van der Waals surface area (Å²) in [5.74, 6) is -2.74. The summed E-state index contributed by atoms with van der Waals surface area (Å²) in [6.45, 7) is 0. The van der Waals surface area contributed by atoms with Crippen LogP contribution in [-0.2, 0) is 9.59 Å². The maximum atomic E-state index is 10.6. The Balaban J connectivity index is 2.90. The van der Waals surface area contributed by atoms with Gasteiger partial charge >= 0.3 is 11.9 Å². The number of carboxylic acids is 2. The molecule has 1 atom stereocenters. The van der Waals surface area contributed by atoms with Crippen molar-refractivity contribution in [2.45, 2.75) is 6.42 Å². The van der Waals surface area contributed by atoms with Gasteiger partial charge in [-0.2, -0.15) is 0 Å². The molecule has 1 aliphatic carbocycles. The van der Waals surface area contributed by atoms with E-state index in [2.05, 4.69) is 0 Å². The van der Waals surface area contributed by atoms with E-state index in [1.807, 2.05) is 22.6 Å². The molecular weight excluding hydrogens is 287 g/mol. The minimum Gasteiger partial charge on any atom is -0.481 e. The van der Waals surface area contributed by atoms with Gasteiger partial charge in [-0.05, 0) is 35.1 Å². The molecule has 1 aliphatic rings. The van der Waals surface area contributed by atoms with Gasteiger partial charge < -0.3 is 10.2 Å². The molecule has 0 aliphatic heterocycles. The van der Waals surface area contributed by atoms with Crippen LogP contribution in [0.3, 0.4) is 0 Å². The lowest BCUT2D eigenvalue weighted by molar-refractivity contribution is -0.140. The van der Waals surface area contributed by atoms with Gasteiger partial charge in [0.2, 0.25) is 0 Å². The normalized spacial score (nSPS) is 21.8. The van der Waals surface area contributed by atoms with Crippen molar-refractivity contribution in [3.63, 3.8) is 0 Å². The van der Waals surface area contributed by atoms with Gasteiger partial charge in [0.15, 0.2) is 0 Å². The maximum absolute atomic E-state index is 10.6. The highest BCUT2D eigenvalue weighted by Crippen LogP contribution is 2.26. The zero-order valence-corrected chi connectivity index (χ0v) is 8.69. The Kier molecular flexibility index (Phi) is 3.07. The van der Waals surface area contributed by atoms with Crippen LogP contribution in [0.25, 0.3) is 0 Å². The number of carboxylic acid groups (broad SMARTS) is 2. The van der Waals surface area contributed by atoms with Crippen molar-refractivity contribution in [2.75, 3.05) is 0 Å². The highest BCUT2D eigenvalue weighted by molar-refractivity contribution is 14.1. The molecule has 5 heteroatoms. The average Bonchev–Trinajstić information content (AvgIpc) is 2.03. The van der Waals surface area contributed by atoms with E-state index in [4.69, 9.17) is 10.2 Å². The number of hydrogen-bond donors (Lipinski definition) is 2. The van der Waals surface area contributed by atoms with E-state index in [9.17, 15) is 9.59 Å². The smallest absolute Gasteiger partial charge is 0.331 e. The molecule has 0 unspecified atom stereocenters. The number of halogens is 1. The molecule has 0 amide bonds. The molecule has 2 N–H and O–H groups in total. The second-order valence-electron chi connectivity index (χ2n) is 2.68. The van der Waals surface area contributed by atoms with E-state index < -0.39 is 17.9 Å². The van der Waals surface area contributed by atoms with E-state index in [0.717, 1.165) is 0 Å². The molecule has 0 aromatic rings. The fraction of sp³-hybridized carbons (Fsp3) is 0.250. The molecular formula is C8H7IO4. The predicted molar refractivity (Wildman–Crippen MR) is 53.6 cm³/mol. The second kappa shape index (κ2) is 3.91. The van der Waals surface area contributed by atoms with Crippen molar-refractivity contribution in [3.8, 4) is 0 Å². The van der Waals surface area contributed by atoms with E-state index in [1.54, 1.807) is 6.08 Å². The standard InChI is InChI=1S/C8H7IO4/c9-6-2-4(7(10)11)1-5(3-6)8(12)13/h2-4H,1H2,(H,10,11)(H,12,13)/t4-/m0/s1. The van der Waals surface area contributed by atoms with Gasteiger partial charge in [0.1, 0.15) is 0 Å². The van der Waals surface area contributed by atoms with Crippen LogP contribution in [0.2, 0.25) is 0 Å². The Morgan fingerprint density at radius 3 is 2.54 bits per heavy atom. The summed E-state index contributed by atoms with van der Waals surface area (Å²) >= 11 is 1.91. The van der Waals surface area contributed by atoms with Crippen LogP contribution in [0.15, 0.2) is 21.3 Å². The minimum atomic E-state index is -1.05. The highest BCUT2D eigenvalue weighted by atomic mass is 127. The number of rotatable bonds is 2. The van der Waals surface area contributed by atoms with E-state index in [0.29, 0.717) is 3.58 Å². The second-order valence-corrected chi connectivity index (χ2v) is 3.92. The minimum absolute atomic E-state index is 0.0666. The van der Waals surface area contributed by atoms with E-state index in [-0.39, 0.29) is 12.0 Å². The molecule has 0 saturated carbocycles. The zero-order valence-electron chi connectivity index (χ0n) is 6.53. The molecule has 0 spiro atoms. The van der Waals surface area contributed by atoms with Crippen molar-refractivity contribution in [2.24, 2.45) is 5.92 Å². The van der Waals surface area contributed by atoms with Gasteiger partial charge in [0.25, 0.3) is 0 Å². The van der Waals surface area contributed by atoms with Crippen LogP contribution in [0.1, 0.15) is 6.42 Å². The summed E-state index contributed by atoms with van der Waals surface area (Å²) < 4.78 is 0.661. The van der Waals surface area contributed by atoms with Gasteiger partial charge in [-0.15, -0.1) is 0 Å². The lowest BCUT2D eigenvalue weighted by atomic mass is 9.94. The predicted octanol–water partition coefficient (Wildman–Crippen LogP) is 1.42.